The zero-order valence-electron chi connectivity index (χ0n) is 10.8. The largest absolute Gasteiger partial charge is 0.367 e. The lowest BCUT2D eigenvalue weighted by Crippen LogP contribution is -2.25. The Morgan fingerprint density at radius 3 is 2.35 bits per heavy atom. The van der Waals surface area contributed by atoms with Crippen molar-refractivity contribution in [2.75, 3.05) is 11.9 Å². The first-order valence-electron chi connectivity index (χ1n) is 5.96. The molecule has 0 saturated heterocycles. The van der Waals surface area contributed by atoms with Crippen LogP contribution in [0.2, 0.25) is 0 Å². The summed E-state index contributed by atoms with van der Waals surface area (Å²) in [5, 5.41) is 3.10. The molecule has 0 spiro atoms. The lowest BCUT2D eigenvalue weighted by molar-refractivity contribution is 0.304. The Balaban J connectivity index is 2.65. The van der Waals surface area contributed by atoms with Gasteiger partial charge in [-0.1, -0.05) is 27.7 Å². The number of anilines is 1. The van der Waals surface area contributed by atoms with Gasteiger partial charge in [0.25, 0.3) is 0 Å². The molecule has 1 N–H and O–H groups in total. The monoisotopic (exact) mass is 302 g/mol. The number of aromatic nitrogens is 1. The predicted molar refractivity (Wildman–Crippen MR) is 73.6 cm³/mol. The first kappa shape index (κ1) is 14.4. The average Bonchev–Trinajstić information content (AvgIpc) is 2.20. The molecule has 0 unspecified atom stereocenters. The van der Waals surface area contributed by atoms with Gasteiger partial charge in [-0.05, 0) is 39.8 Å². The molecule has 2 nitrogen and oxygen atoms in total. The van der Waals surface area contributed by atoms with Gasteiger partial charge in [-0.3, -0.25) is 0 Å². The van der Waals surface area contributed by atoms with Gasteiger partial charge in [0.2, 0.25) is 0 Å². The molecular formula is C13H20BrFN2. The maximum absolute atomic E-state index is 13.5. The standard InChI is InChI=1S/C13H20BrFN2/c1-8(2)11(9(3)4)7-17-13-12(15)5-10(14)6-16-13/h5-6,8-9,11H,7H2,1-4H3,(H,16,17). The fraction of sp³-hybridized carbons (Fsp3) is 0.615. The van der Waals surface area contributed by atoms with Gasteiger partial charge in [-0.25, -0.2) is 9.37 Å². The second-order valence-corrected chi connectivity index (χ2v) is 5.93. The number of hydrogen-bond acceptors (Lipinski definition) is 2. The number of nitrogens with zero attached hydrogens (tertiary/aromatic N) is 1. The number of pyridine rings is 1. The van der Waals surface area contributed by atoms with E-state index in [-0.39, 0.29) is 5.82 Å². The minimum atomic E-state index is -0.314. The second-order valence-electron chi connectivity index (χ2n) is 5.02. The van der Waals surface area contributed by atoms with Crippen LogP contribution in [-0.2, 0) is 0 Å². The van der Waals surface area contributed by atoms with E-state index in [2.05, 4.69) is 53.9 Å². The second kappa shape index (κ2) is 6.34. The molecule has 17 heavy (non-hydrogen) atoms. The van der Waals surface area contributed by atoms with Crippen LogP contribution >= 0.6 is 15.9 Å². The van der Waals surface area contributed by atoms with Gasteiger partial charge < -0.3 is 5.32 Å². The Bertz CT molecular complexity index is 358. The van der Waals surface area contributed by atoms with Crippen LogP contribution < -0.4 is 5.32 Å². The van der Waals surface area contributed by atoms with Crippen molar-refractivity contribution in [3.63, 3.8) is 0 Å². The van der Waals surface area contributed by atoms with Crippen molar-refractivity contribution < 1.29 is 4.39 Å². The summed E-state index contributed by atoms with van der Waals surface area (Å²) in [5.74, 6) is 1.67. The predicted octanol–water partition coefficient (Wildman–Crippen LogP) is 4.32. The van der Waals surface area contributed by atoms with Crippen molar-refractivity contribution in [1.82, 2.24) is 4.98 Å². The third-order valence-corrected chi connectivity index (χ3v) is 3.46. The van der Waals surface area contributed by atoms with Crippen LogP contribution in [0, 0.1) is 23.6 Å². The lowest BCUT2D eigenvalue weighted by atomic mass is 9.85. The van der Waals surface area contributed by atoms with E-state index < -0.39 is 0 Å². The van der Waals surface area contributed by atoms with Gasteiger partial charge in [-0.2, -0.15) is 0 Å². The summed E-state index contributed by atoms with van der Waals surface area (Å²) >= 11 is 3.19. The highest BCUT2D eigenvalue weighted by atomic mass is 79.9. The molecule has 0 atom stereocenters. The highest BCUT2D eigenvalue weighted by Gasteiger charge is 2.17. The molecule has 0 aliphatic heterocycles. The molecule has 0 saturated carbocycles. The van der Waals surface area contributed by atoms with Crippen molar-refractivity contribution in [1.29, 1.82) is 0 Å². The Morgan fingerprint density at radius 1 is 1.29 bits per heavy atom. The quantitative estimate of drug-likeness (QED) is 0.876. The molecule has 4 heteroatoms. The molecule has 0 fully saturated rings. The summed E-state index contributed by atoms with van der Waals surface area (Å²) in [4.78, 5) is 4.04. The van der Waals surface area contributed by atoms with Crippen LogP contribution in [0.5, 0.6) is 0 Å². The average molecular weight is 303 g/mol. The van der Waals surface area contributed by atoms with Gasteiger partial charge in [-0.15, -0.1) is 0 Å². The number of nitrogens with one attached hydrogen (secondary N) is 1. The Morgan fingerprint density at radius 2 is 1.88 bits per heavy atom. The fourth-order valence-electron chi connectivity index (χ4n) is 2.00. The summed E-state index contributed by atoms with van der Waals surface area (Å²) in [7, 11) is 0. The van der Waals surface area contributed by atoms with E-state index in [1.807, 2.05) is 0 Å². The first-order chi connectivity index (χ1) is 7.91. The maximum Gasteiger partial charge on any atom is 0.166 e. The third-order valence-electron chi connectivity index (χ3n) is 3.03. The molecule has 1 rings (SSSR count). The maximum atomic E-state index is 13.5. The summed E-state index contributed by atoms with van der Waals surface area (Å²) < 4.78 is 14.2. The van der Waals surface area contributed by atoms with E-state index in [1.54, 1.807) is 6.20 Å². The van der Waals surface area contributed by atoms with Crippen LogP contribution in [0.3, 0.4) is 0 Å². The van der Waals surface area contributed by atoms with E-state index >= 15 is 0 Å². The Hall–Kier alpha value is -0.640. The highest BCUT2D eigenvalue weighted by Crippen LogP contribution is 2.22. The molecule has 0 bridgehead atoms. The molecule has 0 aliphatic carbocycles. The van der Waals surface area contributed by atoms with E-state index in [0.717, 1.165) is 6.54 Å². The first-order valence-corrected chi connectivity index (χ1v) is 6.76. The summed E-state index contributed by atoms with van der Waals surface area (Å²) in [5.41, 5.74) is 0. The van der Waals surface area contributed by atoms with Crippen molar-refractivity contribution in [2.24, 2.45) is 17.8 Å². The van der Waals surface area contributed by atoms with E-state index in [9.17, 15) is 4.39 Å². The van der Waals surface area contributed by atoms with Crippen molar-refractivity contribution in [3.05, 3.63) is 22.6 Å². The van der Waals surface area contributed by atoms with Gasteiger partial charge in [0.15, 0.2) is 11.6 Å². The SMILES string of the molecule is CC(C)C(CNc1ncc(Br)cc1F)C(C)C. The topological polar surface area (TPSA) is 24.9 Å². The third kappa shape index (κ3) is 4.26. The minimum absolute atomic E-state index is 0.314. The van der Waals surface area contributed by atoms with E-state index in [1.165, 1.54) is 6.07 Å². The minimum Gasteiger partial charge on any atom is -0.367 e. The van der Waals surface area contributed by atoms with Crippen molar-refractivity contribution in [3.8, 4) is 0 Å². The van der Waals surface area contributed by atoms with Crippen LogP contribution in [0.4, 0.5) is 10.2 Å². The molecule has 1 aromatic heterocycles. The smallest absolute Gasteiger partial charge is 0.166 e. The summed E-state index contributed by atoms with van der Waals surface area (Å²) in [6.45, 7) is 9.52. The molecule has 1 aromatic rings. The summed E-state index contributed by atoms with van der Waals surface area (Å²) in [6, 6.07) is 1.43. The number of halogens is 2. The van der Waals surface area contributed by atoms with Gasteiger partial charge in [0, 0.05) is 17.2 Å². The molecular weight excluding hydrogens is 283 g/mol. The van der Waals surface area contributed by atoms with Gasteiger partial charge in [0.1, 0.15) is 0 Å². The van der Waals surface area contributed by atoms with Crippen LogP contribution in [0.25, 0.3) is 0 Å². The van der Waals surface area contributed by atoms with E-state index in [4.69, 9.17) is 0 Å². The van der Waals surface area contributed by atoms with Crippen molar-refractivity contribution >= 4 is 21.7 Å². The molecule has 0 aromatic carbocycles. The van der Waals surface area contributed by atoms with Crippen LogP contribution in [-0.4, -0.2) is 11.5 Å². The zero-order valence-corrected chi connectivity index (χ0v) is 12.4. The fourth-order valence-corrected chi connectivity index (χ4v) is 2.30. The zero-order chi connectivity index (χ0) is 13.0. The molecule has 0 aliphatic rings. The number of rotatable bonds is 5. The highest BCUT2D eigenvalue weighted by molar-refractivity contribution is 9.10. The molecule has 96 valence electrons. The Labute approximate surface area is 111 Å². The van der Waals surface area contributed by atoms with Crippen LogP contribution in [0.1, 0.15) is 27.7 Å². The lowest BCUT2D eigenvalue weighted by Gasteiger charge is -2.25. The van der Waals surface area contributed by atoms with Crippen LogP contribution in [0.15, 0.2) is 16.7 Å². The molecule has 1 heterocycles. The number of hydrogen-bond donors (Lipinski definition) is 1. The summed E-state index contributed by atoms with van der Waals surface area (Å²) in [6.07, 6.45) is 1.60. The Kier molecular flexibility index (Phi) is 5.37. The van der Waals surface area contributed by atoms with E-state index in [0.29, 0.717) is 28.0 Å². The van der Waals surface area contributed by atoms with Crippen molar-refractivity contribution in [2.45, 2.75) is 27.7 Å². The molecule has 0 amide bonds. The van der Waals surface area contributed by atoms with Gasteiger partial charge >= 0.3 is 0 Å². The van der Waals surface area contributed by atoms with Gasteiger partial charge in [0.05, 0.1) is 0 Å². The normalized spacial score (nSPS) is 11.6. The molecule has 0 radical (unpaired) electrons.